The van der Waals surface area contributed by atoms with Gasteiger partial charge in [0.2, 0.25) is 0 Å². The van der Waals surface area contributed by atoms with Crippen LogP contribution in [-0.4, -0.2) is 55.7 Å². The van der Waals surface area contributed by atoms with Gasteiger partial charge in [-0.3, -0.25) is 4.79 Å². The van der Waals surface area contributed by atoms with E-state index in [2.05, 4.69) is 10.1 Å². The van der Waals surface area contributed by atoms with E-state index in [1.807, 2.05) is 6.92 Å². The van der Waals surface area contributed by atoms with Gasteiger partial charge in [0.05, 0.1) is 17.9 Å². The highest BCUT2D eigenvalue weighted by Gasteiger charge is 2.35. The molecule has 1 atom stereocenters. The molecule has 0 fully saturated rings. The fourth-order valence-corrected chi connectivity index (χ4v) is 5.45. The standard InChI is InChI=1S/C32H34F2N4O5/c1-17-20-11-9-13-42-28(20)23(34)14-21(17)27-26(29(31(40)41)43-32(3,4)5)18(2)35-25-15-24(36-38(25)27)30(39)37(6)16-19-10-7-8-12-22(19)33/h7-8,10,12,14-15,29H,9,11,13,16H2,1-6H3,(H,40,41). The molecule has 11 heteroatoms. The second-order valence-corrected chi connectivity index (χ2v) is 11.8. The highest BCUT2D eigenvalue weighted by atomic mass is 19.1. The van der Waals surface area contributed by atoms with E-state index in [9.17, 15) is 19.1 Å². The van der Waals surface area contributed by atoms with Crippen LogP contribution in [-0.2, 0) is 22.5 Å². The van der Waals surface area contributed by atoms with E-state index in [1.165, 1.54) is 34.7 Å². The molecule has 0 spiro atoms. The van der Waals surface area contributed by atoms with Crippen molar-refractivity contribution in [1.29, 1.82) is 0 Å². The van der Waals surface area contributed by atoms with Gasteiger partial charge in [-0.1, -0.05) is 18.2 Å². The largest absolute Gasteiger partial charge is 0.490 e. The van der Waals surface area contributed by atoms with Gasteiger partial charge in [0.1, 0.15) is 5.82 Å². The van der Waals surface area contributed by atoms with Crippen molar-refractivity contribution in [2.24, 2.45) is 0 Å². The Kier molecular flexibility index (Phi) is 7.95. The Hall–Kier alpha value is -4.38. The van der Waals surface area contributed by atoms with Crippen LogP contribution in [0.5, 0.6) is 5.75 Å². The van der Waals surface area contributed by atoms with Crippen molar-refractivity contribution in [3.63, 3.8) is 0 Å². The summed E-state index contributed by atoms with van der Waals surface area (Å²) in [4.78, 5) is 32.1. The lowest BCUT2D eigenvalue weighted by Gasteiger charge is -2.28. The Morgan fingerprint density at radius 3 is 2.56 bits per heavy atom. The van der Waals surface area contributed by atoms with E-state index in [1.54, 1.807) is 45.9 Å². The van der Waals surface area contributed by atoms with Crippen LogP contribution in [0.3, 0.4) is 0 Å². The third-order valence-corrected chi connectivity index (χ3v) is 7.41. The number of carbonyl (C=O) groups is 2. The first-order valence-corrected chi connectivity index (χ1v) is 14.0. The van der Waals surface area contributed by atoms with Gasteiger partial charge in [0, 0.05) is 47.6 Å². The number of carboxylic acid groups (broad SMARTS) is 1. The Morgan fingerprint density at radius 1 is 1.16 bits per heavy atom. The van der Waals surface area contributed by atoms with E-state index in [-0.39, 0.29) is 34.9 Å². The quantitative estimate of drug-likeness (QED) is 0.288. The summed E-state index contributed by atoms with van der Waals surface area (Å²) >= 11 is 0. The third kappa shape index (κ3) is 5.81. The van der Waals surface area contributed by atoms with Crippen molar-refractivity contribution in [1.82, 2.24) is 19.5 Å². The molecule has 1 aliphatic heterocycles. The number of carboxylic acids is 1. The number of aromatic nitrogens is 3. The van der Waals surface area contributed by atoms with Crippen molar-refractivity contribution < 1.29 is 33.0 Å². The molecule has 2 aromatic heterocycles. The maximum Gasteiger partial charge on any atom is 0.337 e. The highest BCUT2D eigenvalue weighted by Crippen LogP contribution is 2.41. The Morgan fingerprint density at radius 2 is 1.88 bits per heavy atom. The molecule has 43 heavy (non-hydrogen) atoms. The molecule has 0 saturated carbocycles. The maximum absolute atomic E-state index is 15.5. The molecule has 1 N–H and O–H groups in total. The molecule has 0 radical (unpaired) electrons. The molecular weight excluding hydrogens is 558 g/mol. The smallest absolute Gasteiger partial charge is 0.337 e. The summed E-state index contributed by atoms with van der Waals surface area (Å²) in [6.45, 7) is 9.08. The van der Waals surface area contributed by atoms with Crippen molar-refractivity contribution in [2.75, 3.05) is 13.7 Å². The van der Waals surface area contributed by atoms with Crippen LogP contribution in [0.25, 0.3) is 16.9 Å². The van der Waals surface area contributed by atoms with E-state index >= 15 is 4.39 Å². The monoisotopic (exact) mass is 592 g/mol. The second-order valence-electron chi connectivity index (χ2n) is 11.8. The molecule has 226 valence electrons. The van der Waals surface area contributed by atoms with Gasteiger partial charge < -0.3 is 19.5 Å². The zero-order chi connectivity index (χ0) is 31.2. The first-order chi connectivity index (χ1) is 20.3. The maximum atomic E-state index is 15.5. The number of aryl methyl sites for hydroxylation is 1. The molecule has 2 aromatic carbocycles. The number of nitrogens with zero attached hydrogens (tertiary/aromatic N) is 4. The van der Waals surface area contributed by atoms with Crippen molar-refractivity contribution in [3.8, 4) is 17.0 Å². The Bertz CT molecular complexity index is 1740. The molecule has 1 aliphatic rings. The third-order valence-electron chi connectivity index (χ3n) is 7.41. The SMILES string of the molecule is Cc1nc2cc(C(=O)N(C)Cc3ccccc3F)nn2c(-c2cc(F)c3c(c2C)CCCO3)c1C(OC(C)(C)C)C(=O)O. The Balaban J connectivity index is 1.73. The summed E-state index contributed by atoms with van der Waals surface area (Å²) in [5.41, 5.74) is 2.28. The van der Waals surface area contributed by atoms with Crippen LogP contribution in [0.4, 0.5) is 8.78 Å². The lowest BCUT2D eigenvalue weighted by atomic mass is 9.91. The molecule has 1 amide bonds. The van der Waals surface area contributed by atoms with E-state index in [0.717, 1.165) is 0 Å². The number of halogens is 2. The van der Waals surface area contributed by atoms with Gasteiger partial charge in [-0.25, -0.2) is 23.1 Å². The zero-order valence-corrected chi connectivity index (χ0v) is 25.0. The molecule has 3 heterocycles. The first-order valence-electron chi connectivity index (χ1n) is 14.0. The predicted octanol–water partition coefficient (Wildman–Crippen LogP) is 5.83. The summed E-state index contributed by atoms with van der Waals surface area (Å²) in [6.07, 6.45) is -0.193. The van der Waals surface area contributed by atoms with E-state index in [0.29, 0.717) is 47.4 Å². The number of fused-ring (bicyclic) bond motifs is 2. The van der Waals surface area contributed by atoms with Crippen LogP contribution in [0, 0.1) is 25.5 Å². The number of carbonyl (C=O) groups excluding carboxylic acids is 1. The predicted molar refractivity (Wildman–Crippen MR) is 155 cm³/mol. The average molecular weight is 593 g/mol. The number of rotatable bonds is 7. The van der Waals surface area contributed by atoms with Gasteiger partial charge in [-0.15, -0.1) is 0 Å². The molecule has 0 bridgehead atoms. The van der Waals surface area contributed by atoms with Gasteiger partial charge >= 0.3 is 5.97 Å². The van der Waals surface area contributed by atoms with Gasteiger partial charge in [-0.05, 0) is 65.2 Å². The summed E-state index contributed by atoms with van der Waals surface area (Å²) in [7, 11) is 1.53. The normalized spacial score (nSPS) is 13.9. The van der Waals surface area contributed by atoms with Crippen molar-refractivity contribution >= 4 is 17.5 Å². The Labute approximate surface area is 248 Å². The van der Waals surface area contributed by atoms with Gasteiger partial charge in [0.15, 0.2) is 29.0 Å². The number of hydrogen-bond acceptors (Lipinski definition) is 6. The molecule has 1 unspecified atom stereocenters. The summed E-state index contributed by atoms with van der Waals surface area (Å²) in [5, 5.41) is 14.9. The summed E-state index contributed by atoms with van der Waals surface area (Å²) in [5.74, 6) is -2.59. The fourth-order valence-electron chi connectivity index (χ4n) is 5.45. The summed E-state index contributed by atoms with van der Waals surface area (Å²) < 4.78 is 42.8. The lowest BCUT2D eigenvalue weighted by Crippen LogP contribution is -2.29. The van der Waals surface area contributed by atoms with Crippen LogP contribution in [0.2, 0.25) is 0 Å². The topological polar surface area (TPSA) is 106 Å². The lowest BCUT2D eigenvalue weighted by molar-refractivity contribution is -0.160. The minimum Gasteiger partial charge on any atom is -0.490 e. The second kappa shape index (κ2) is 11.4. The molecule has 0 aliphatic carbocycles. The highest BCUT2D eigenvalue weighted by molar-refractivity contribution is 5.93. The van der Waals surface area contributed by atoms with Crippen molar-refractivity contribution in [2.45, 2.75) is 65.7 Å². The zero-order valence-electron chi connectivity index (χ0n) is 25.0. The number of aliphatic carboxylic acids is 1. The van der Waals surface area contributed by atoms with E-state index < -0.39 is 35.2 Å². The van der Waals surface area contributed by atoms with Crippen LogP contribution in [0.1, 0.15) is 71.7 Å². The summed E-state index contributed by atoms with van der Waals surface area (Å²) in [6, 6.07) is 8.96. The van der Waals surface area contributed by atoms with Crippen LogP contribution in [0.15, 0.2) is 36.4 Å². The van der Waals surface area contributed by atoms with E-state index in [4.69, 9.17) is 9.47 Å². The molecule has 9 nitrogen and oxygen atoms in total. The average Bonchev–Trinajstić information content (AvgIpc) is 3.37. The molecule has 0 saturated heterocycles. The minimum atomic E-state index is -1.48. The molecule has 5 rings (SSSR count). The van der Waals surface area contributed by atoms with Crippen LogP contribution < -0.4 is 4.74 Å². The number of ether oxygens (including phenoxy) is 2. The first kappa shape index (κ1) is 30.1. The fraction of sp³-hybridized carbons (Fsp3) is 0.375. The minimum absolute atomic E-state index is 0.000402. The van der Waals surface area contributed by atoms with Gasteiger partial charge in [0.25, 0.3) is 5.91 Å². The number of amides is 1. The van der Waals surface area contributed by atoms with Crippen LogP contribution >= 0.6 is 0 Å². The van der Waals surface area contributed by atoms with Crippen molar-refractivity contribution in [3.05, 3.63) is 81.7 Å². The number of hydrogen-bond donors (Lipinski definition) is 1. The molecule has 4 aromatic rings. The van der Waals surface area contributed by atoms with Gasteiger partial charge in [-0.2, -0.15) is 5.10 Å². The molecular formula is C32H34F2N4O5. The number of benzene rings is 2.